The van der Waals surface area contributed by atoms with Crippen LogP contribution in [0.15, 0.2) is 102 Å². The molecule has 0 bridgehead atoms. The van der Waals surface area contributed by atoms with Crippen molar-refractivity contribution in [3.8, 4) is 0 Å². The molecule has 12 heteroatoms. The van der Waals surface area contributed by atoms with Crippen molar-refractivity contribution >= 4 is 73.9 Å². The number of carbonyl (C=O) groups is 2. The Labute approximate surface area is 295 Å². The third-order valence-corrected chi connectivity index (χ3v) is 11.0. The molecular weight excluding hydrogens is 700 g/mol. The van der Waals surface area contributed by atoms with Gasteiger partial charge in [0.25, 0.3) is 10.0 Å². The molecule has 4 aromatic carbocycles. The maximum Gasteiger partial charge on any atom is 0.264 e. The fourth-order valence-electron chi connectivity index (χ4n) is 5.67. The third-order valence-electron chi connectivity index (χ3n) is 8.12. The Balaban J connectivity index is 1.60. The molecule has 1 atom stereocenters. The van der Waals surface area contributed by atoms with Crippen LogP contribution in [0.2, 0.25) is 20.1 Å². The first-order chi connectivity index (χ1) is 22.5. The van der Waals surface area contributed by atoms with Crippen molar-refractivity contribution in [3.05, 3.63) is 128 Å². The highest BCUT2D eigenvalue weighted by Crippen LogP contribution is 2.33. The standard InChI is InChI=1S/C35H33Cl4N3O4S/c36-26-16-15-25(30(38)20-26)22-41(33(19-24-9-3-1-4-10-24)35(44)40-28-11-7-8-12-28)34(43)23-42(32-18-17-27(37)21-31(32)39)47(45,46)29-13-5-2-6-14-29/h1-6,9-10,13-18,20-21,28,33H,7-8,11-12,19,22-23H2,(H,40,44)/t33-/m0/s1. The van der Waals surface area contributed by atoms with Crippen molar-refractivity contribution in [3.63, 3.8) is 0 Å². The minimum Gasteiger partial charge on any atom is -0.352 e. The first kappa shape index (κ1) is 35.0. The van der Waals surface area contributed by atoms with E-state index in [-0.39, 0.29) is 40.5 Å². The molecule has 4 aromatic rings. The first-order valence-electron chi connectivity index (χ1n) is 15.1. The molecule has 1 fully saturated rings. The summed E-state index contributed by atoms with van der Waals surface area (Å²) in [5.41, 5.74) is 1.43. The van der Waals surface area contributed by atoms with Crippen LogP contribution in [0.1, 0.15) is 36.8 Å². The molecule has 1 N–H and O–H groups in total. The number of nitrogens with zero attached hydrogens (tertiary/aromatic N) is 2. The minimum absolute atomic E-state index is 0.0142. The Morgan fingerprint density at radius 2 is 1.38 bits per heavy atom. The lowest BCUT2D eigenvalue weighted by Gasteiger charge is -2.34. The van der Waals surface area contributed by atoms with Crippen LogP contribution in [-0.4, -0.2) is 43.8 Å². The number of rotatable bonds is 12. The van der Waals surface area contributed by atoms with Crippen LogP contribution in [-0.2, 0) is 32.6 Å². The van der Waals surface area contributed by atoms with Crippen molar-refractivity contribution < 1.29 is 18.0 Å². The van der Waals surface area contributed by atoms with E-state index in [1.807, 2.05) is 30.3 Å². The summed E-state index contributed by atoms with van der Waals surface area (Å²) in [6, 6.07) is 25.4. The third kappa shape index (κ3) is 8.80. The second-order valence-electron chi connectivity index (χ2n) is 11.4. The van der Waals surface area contributed by atoms with Gasteiger partial charge in [-0.3, -0.25) is 13.9 Å². The molecule has 0 aliphatic heterocycles. The van der Waals surface area contributed by atoms with Gasteiger partial charge in [0, 0.05) is 34.1 Å². The van der Waals surface area contributed by atoms with Crippen molar-refractivity contribution in [2.75, 3.05) is 10.8 Å². The highest BCUT2D eigenvalue weighted by Gasteiger charge is 2.36. The zero-order valence-electron chi connectivity index (χ0n) is 25.3. The fourth-order valence-corrected chi connectivity index (χ4v) is 8.15. The fraction of sp³-hybridized carbons (Fsp3) is 0.257. The Bertz CT molecular complexity index is 1820. The van der Waals surface area contributed by atoms with Crippen LogP contribution in [0.3, 0.4) is 0 Å². The molecule has 0 saturated heterocycles. The second-order valence-corrected chi connectivity index (χ2v) is 14.9. The van der Waals surface area contributed by atoms with E-state index in [4.69, 9.17) is 46.4 Å². The molecule has 246 valence electrons. The maximum absolute atomic E-state index is 14.6. The summed E-state index contributed by atoms with van der Waals surface area (Å²) >= 11 is 25.5. The van der Waals surface area contributed by atoms with E-state index in [0.29, 0.717) is 20.6 Å². The van der Waals surface area contributed by atoms with Crippen molar-refractivity contribution in [2.45, 2.75) is 55.6 Å². The van der Waals surface area contributed by atoms with Crippen LogP contribution in [0, 0.1) is 0 Å². The van der Waals surface area contributed by atoms with Gasteiger partial charge in [0.2, 0.25) is 11.8 Å². The number of anilines is 1. The van der Waals surface area contributed by atoms with E-state index in [1.165, 1.54) is 35.2 Å². The van der Waals surface area contributed by atoms with Gasteiger partial charge >= 0.3 is 0 Å². The highest BCUT2D eigenvalue weighted by atomic mass is 35.5. The van der Waals surface area contributed by atoms with Crippen LogP contribution in [0.4, 0.5) is 5.69 Å². The van der Waals surface area contributed by atoms with Gasteiger partial charge in [-0.05, 0) is 66.4 Å². The molecule has 0 radical (unpaired) electrons. The van der Waals surface area contributed by atoms with E-state index >= 15 is 0 Å². The smallest absolute Gasteiger partial charge is 0.264 e. The van der Waals surface area contributed by atoms with E-state index in [9.17, 15) is 18.0 Å². The van der Waals surface area contributed by atoms with Gasteiger partial charge in [-0.15, -0.1) is 0 Å². The van der Waals surface area contributed by atoms with Crippen LogP contribution >= 0.6 is 46.4 Å². The molecule has 2 amide bonds. The summed E-state index contributed by atoms with van der Waals surface area (Å²) in [6.45, 7) is -0.746. The topological polar surface area (TPSA) is 86.8 Å². The zero-order valence-corrected chi connectivity index (χ0v) is 29.1. The molecule has 1 aliphatic carbocycles. The van der Waals surface area contributed by atoms with E-state index in [2.05, 4.69) is 5.32 Å². The highest BCUT2D eigenvalue weighted by molar-refractivity contribution is 7.92. The van der Waals surface area contributed by atoms with E-state index in [1.54, 1.807) is 36.4 Å². The molecule has 0 heterocycles. The van der Waals surface area contributed by atoms with Crippen molar-refractivity contribution in [2.24, 2.45) is 0 Å². The van der Waals surface area contributed by atoms with E-state index < -0.39 is 28.5 Å². The van der Waals surface area contributed by atoms with Gasteiger partial charge < -0.3 is 10.2 Å². The number of hydrogen-bond donors (Lipinski definition) is 1. The lowest BCUT2D eigenvalue weighted by molar-refractivity contribution is -0.140. The maximum atomic E-state index is 14.6. The number of amides is 2. The second kappa shape index (κ2) is 15.8. The van der Waals surface area contributed by atoms with Crippen molar-refractivity contribution in [1.82, 2.24) is 10.2 Å². The average molecular weight is 734 g/mol. The molecule has 1 aliphatic rings. The quantitative estimate of drug-likeness (QED) is 0.159. The monoisotopic (exact) mass is 731 g/mol. The summed E-state index contributed by atoms with van der Waals surface area (Å²) < 4.78 is 29.3. The normalized spacial score (nSPS) is 14.0. The Morgan fingerprint density at radius 3 is 2.00 bits per heavy atom. The molecular formula is C35H33Cl4N3O4S. The average Bonchev–Trinajstić information content (AvgIpc) is 3.56. The predicted octanol–water partition coefficient (Wildman–Crippen LogP) is 8.19. The SMILES string of the molecule is O=C(NC1CCCC1)[C@H](Cc1ccccc1)N(Cc1ccc(Cl)cc1Cl)C(=O)CN(c1ccc(Cl)cc1Cl)S(=O)(=O)c1ccccc1. The molecule has 0 unspecified atom stereocenters. The van der Waals surface area contributed by atoms with Crippen LogP contribution in [0.25, 0.3) is 0 Å². The van der Waals surface area contributed by atoms with Gasteiger partial charge in [0.1, 0.15) is 12.6 Å². The summed E-state index contributed by atoms with van der Waals surface area (Å²) in [5.74, 6) is -0.967. The van der Waals surface area contributed by atoms with Gasteiger partial charge in [0.15, 0.2) is 0 Å². The van der Waals surface area contributed by atoms with Gasteiger partial charge in [-0.1, -0.05) is 114 Å². The summed E-state index contributed by atoms with van der Waals surface area (Å²) in [7, 11) is -4.31. The molecule has 7 nitrogen and oxygen atoms in total. The van der Waals surface area contributed by atoms with Crippen LogP contribution < -0.4 is 9.62 Å². The largest absolute Gasteiger partial charge is 0.352 e. The summed E-state index contributed by atoms with van der Waals surface area (Å²) in [4.78, 5) is 30.1. The Kier molecular flexibility index (Phi) is 11.7. The van der Waals surface area contributed by atoms with Gasteiger partial charge in [-0.2, -0.15) is 0 Å². The van der Waals surface area contributed by atoms with Crippen molar-refractivity contribution in [1.29, 1.82) is 0 Å². The lowest BCUT2D eigenvalue weighted by atomic mass is 10.0. The number of nitrogens with one attached hydrogen (secondary N) is 1. The Hall–Kier alpha value is -3.27. The molecule has 5 rings (SSSR count). The van der Waals surface area contributed by atoms with E-state index in [0.717, 1.165) is 35.6 Å². The molecule has 0 spiro atoms. The lowest BCUT2D eigenvalue weighted by Crippen LogP contribution is -2.54. The predicted molar refractivity (Wildman–Crippen MR) is 189 cm³/mol. The van der Waals surface area contributed by atoms with Gasteiger partial charge in [0.05, 0.1) is 15.6 Å². The first-order valence-corrected chi connectivity index (χ1v) is 18.1. The Morgan fingerprint density at radius 1 is 0.787 bits per heavy atom. The van der Waals surface area contributed by atoms with Crippen LogP contribution in [0.5, 0.6) is 0 Å². The molecule has 1 saturated carbocycles. The zero-order chi connectivity index (χ0) is 33.6. The number of benzene rings is 4. The number of carbonyl (C=O) groups excluding carboxylic acids is 2. The number of hydrogen-bond acceptors (Lipinski definition) is 4. The number of halogens is 4. The minimum atomic E-state index is -4.31. The summed E-state index contributed by atoms with van der Waals surface area (Å²) in [6.07, 6.45) is 3.89. The van der Waals surface area contributed by atoms with Gasteiger partial charge in [-0.25, -0.2) is 8.42 Å². The molecule has 0 aromatic heterocycles. The summed E-state index contributed by atoms with van der Waals surface area (Å²) in [5, 5.41) is 4.20. The molecule has 47 heavy (non-hydrogen) atoms. The number of sulfonamides is 1.